The smallest absolute Gasteiger partial charge is 0.258 e. The lowest BCUT2D eigenvalue weighted by Gasteiger charge is -2.15. The molecule has 0 spiro atoms. The topological polar surface area (TPSA) is 99.1 Å². The van der Waals surface area contributed by atoms with Crippen LogP contribution in [0.4, 0.5) is 5.13 Å². The Hall–Kier alpha value is -3.87. The zero-order chi connectivity index (χ0) is 24.4. The summed E-state index contributed by atoms with van der Waals surface area (Å²) in [5, 5.41) is 3.32. The molecule has 1 fully saturated rings. The quantitative estimate of drug-likeness (QED) is 0.398. The highest BCUT2D eigenvalue weighted by atomic mass is 32.1. The molecule has 8 nitrogen and oxygen atoms in total. The Morgan fingerprint density at radius 1 is 1.14 bits per heavy atom. The molecule has 4 aromatic rings. The molecule has 3 aromatic heterocycles. The fourth-order valence-electron chi connectivity index (χ4n) is 3.59. The zero-order valence-corrected chi connectivity index (χ0v) is 20.4. The van der Waals surface area contributed by atoms with Crippen molar-refractivity contribution in [1.29, 1.82) is 0 Å². The van der Waals surface area contributed by atoms with Gasteiger partial charge in [0.1, 0.15) is 11.4 Å². The van der Waals surface area contributed by atoms with E-state index in [1.54, 1.807) is 32.7 Å². The Bertz CT molecular complexity index is 1480. The van der Waals surface area contributed by atoms with E-state index in [-0.39, 0.29) is 5.91 Å². The Morgan fingerprint density at radius 3 is 2.77 bits per heavy atom. The lowest BCUT2D eigenvalue weighted by atomic mass is 9.96. The number of rotatable bonds is 6. The summed E-state index contributed by atoms with van der Waals surface area (Å²) in [5.41, 5.74) is 4.80. The monoisotopic (exact) mass is 485 g/mol. The van der Waals surface area contributed by atoms with Gasteiger partial charge in [0, 0.05) is 29.8 Å². The molecular weight excluding hydrogens is 462 g/mol. The average Bonchev–Trinajstić information content (AvgIpc) is 3.61. The third-order valence-electron chi connectivity index (χ3n) is 5.48. The molecule has 35 heavy (non-hydrogen) atoms. The number of pyridine rings is 1. The summed E-state index contributed by atoms with van der Waals surface area (Å²) >= 11 is 1.27. The van der Waals surface area contributed by atoms with Crippen molar-refractivity contribution in [3.05, 3.63) is 59.2 Å². The lowest BCUT2D eigenvalue weighted by Crippen LogP contribution is -2.13. The third kappa shape index (κ3) is 5.14. The normalized spacial score (nSPS) is 12.8. The first kappa shape index (κ1) is 22.9. The summed E-state index contributed by atoms with van der Waals surface area (Å²) in [6.45, 7) is 2.31. The van der Waals surface area contributed by atoms with Crippen molar-refractivity contribution in [2.45, 2.75) is 26.4 Å². The SMILES string of the molecule is COCc1ccc(C(=O)Nc2nc3ncc(C#CC4CC4)nc3s2)c(-c2cc(C)ncc2OC)c1. The molecular formula is C26H23N5O3S. The minimum atomic E-state index is -0.298. The number of aryl methyl sites for hydroxylation is 1. The first-order valence-corrected chi connectivity index (χ1v) is 11.9. The predicted octanol–water partition coefficient (Wildman–Crippen LogP) is 4.63. The largest absolute Gasteiger partial charge is 0.494 e. The number of nitrogens with one attached hydrogen (secondary N) is 1. The molecule has 9 heteroatoms. The molecule has 1 saturated carbocycles. The van der Waals surface area contributed by atoms with E-state index >= 15 is 0 Å². The molecule has 1 aliphatic carbocycles. The van der Waals surface area contributed by atoms with E-state index in [9.17, 15) is 4.79 Å². The van der Waals surface area contributed by atoms with E-state index in [0.717, 1.165) is 35.2 Å². The maximum absolute atomic E-state index is 13.4. The molecule has 1 aromatic carbocycles. The van der Waals surface area contributed by atoms with Gasteiger partial charge in [0.25, 0.3) is 5.91 Å². The number of nitrogens with zero attached hydrogens (tertiary/aromatic N) is 4. The van der Waals surface area contributed by atoms with Gasteiger partial charge in [-0.05, 0) is 55.0 Å². The minimum absolute atomic E-state index is 0.298. The first-order chi connectivity index (χ1) is 17.0. The van der Waals surface area contributed by atoms with Crippen LogP contribution >= 0.6 is 11.3 Å². The van der Waals surface area contributed by atoms with Crippen molar-refractivity contribution in [1.82, 2.24) is 19.9 Å². The van der Waals surface area contributed by atoms with Crippen LogP contribution in [0.2, 0.25) is 0 Å². The molecule has 0 radical (unpaired) electrons. The van der Waals surface area contributed by atoms with E-state index in [1.807, 2.05) is 25.1 Å². The number of fused-ring (bicyclic) bond motifs is 1. The number of thiazole rings is 1. The standard InChI is InChI=1S/C26H23N5O3S/c1-15-10-21(22(34-3)13-27-15)20-11-17(14-33-2)7-9-19(20)24(32)31-26-30-23-25(35-26)29-18(12-28-23)8-6-16-4-5-16/h7,9-13,16H,4-5,14H2,1-3H3,(H,28,30,31,32). The highest BCUT2D eigenvalue weighted by Crippen LogP contribution is 2.34. The zero-order valence-electron chi connectivity index (χ0n) is 19.6. The molecule has 1 N–H and O–H groups in total. The van der Waals surface area contributed by atoms with Crippen molar-refractivity contribution >= 4 is 32.9 Å². The summed E-state index contributed by atoms with van der Waals surface area (Å²) < 4.78 is 10.8. The number of amides is 1. The number of ether oxygens (including phenoxy) is 2. The van der Waals surface area contributed by atoms with Crippen LogP contribution in [0.5, 0.6) is 5.75 Å². The van der Waals surface area contributed by atoms with Crippen molar-refractivity contribution in [2.24, 2.45) is 5.92 Å². The van der Waals surface area contributed by atoms with Crippen LogP contribution in [-0.2, 0) is 11.3 Å². The van der Waals surface area contributed by atoms with E-state index in [1.165, 1.54) is 11.3 Å². The maximum Gasteiger partial charge on any atom is 0.258 e. The van der Waals surface area contributed by atoms with Crippen molar-refractivity contribution in [2.75, 3.05) is 19.5 Å². The van der Waals surface area contributed by atoms with Crippen LogP contribution in [-0.4, -0.2) is 40.1 Å². The molecule has 1 aliphatic rings. The van der Waals surface area contributed by atoms with Crippen LogP contribution in [0, 0.1) is 24.7 Å². The fraction of sp³-hybridized carbons (Fsp3) is 0.269. The van der Waals surface area contributed by atoms with Gasteiger partial charge in [-0.15, -0.1) is 0 Å². The number of carbonyl (C=O) groups is 1. The highest BCUT2D eigenvalue weighted by Gasteiger charge is 2.20. The summed E-state index contributed by atoms with van der Waals surface area (Å²) in [7, 11) is 3.22. The Balaban J connectivity index is 1.48. The number of anilines is 1. The summed E-state index contributed by atoms with van der Waals surface area (Å²) in [4.78, 5) is 31.7. The highest BCUT2D eigenvalue weighted by molar-refractivity contribution is 7.21. The molecule has 0 bridgehead atoms. The molecule has 0 unspecified atom stereocenters. The number of hydrogen-bond acceptors (Lipinski definition) is 8. The first-order valence-electron chi connectivity index (χ1n) is 11.1. The second kappa shape index (κ2) is 9.78. The van der Waals surface area contributed by atoms with Crippen molar-refractivity contribution in [3.8, 4) is 28.7 Å². The number of hydrogen-bond donors (Lipinski definition) is 1. The van der Waals surface area contributed by atoms with Gasteiger partial charge in [-0.3, -0.25) is 15.1 Å². The Labute approximate surface area is 206 Å². The van der Waals surface area contributed by atoms with Gasteiger partial charge < -0.3 is 9.47 Å². The lowest BCUT2D eigenvalue weighted by molar-refractivity contribution is 0.102. The van der Waals surface area contributed by atoms with Gasteiger partial charge in [-0.25, -0.2) is 9.97 Å². The van der Waals surface area contributed by atoms with Gasteiger partial charge >= 0.3 is 0 Å². The number of carbonyl (C=O) groups excluding carboxylic acids is 1. The summed E-state index contributed by atoms with van der Waals surface area (Å²) in [6, 6.07) is 7.48. The van der Waals surface area contributed by atoms with E-state index in [4.69, 9.17) is 9.47 Å². The number of methoxy groups -OCH3 is 2. The average molecular weight is 486 g/mol. The van der Waals surface area contributed by atoms with Crippen LogP contribution in [0.1, 0.15) is 40.2 Å². The molecule has 0 atom stereocenters. The van der Waals surface area contributed by atoms with Crippen LogP contribution in [0.15, 0.2) is 36.7 Å². The minimum Gasteiger partial charge on any atom is -0.494 e. The Kier molecular flexibility index (Phi) is 6.40. The number of benzene rings is 1. The van der Waals surface area contributed by atoms with Crippen LogP contribution < -0.4 is 10.1 Å². The van der Waals surface area contributed by atoms with Gasteiger partial charge in [0.15, 0.2) is 15.6 Å². The second-order valence-corrected chi connectivity index (χ2v) is 9.22. The van der Waals surface area contributed by atoms with E-state index < -0.39 is 0 Å². The second-order valence-electron chi connectivity index (χ2n) is 8.24. The van der Waals surface area contributed by atoms with Gasteiger partial charge in [0.05, 0.1) is 26.1 Å². The van der Waals surface area contributed by atoms with Crippen LogP contribution in [0.25, 0.3) is 21.6 Å². The van der Waals surface area contributed by atoms with E-state index in [0.29, 0.717) is 45.1 Å². The molecule has 5 rings (SSSR count). The molecule has 0 aliphatic heterocycles. The van der Waals surface area contributed by atoms with E-state index in [2.05, 4.69) is 37.1 Å². The number of aromatic nitrogens is 4. The Morgan fingerprint density at radius 2 is 2.00 bits per heavy atom. The van der Waals surface area contributed by atoms with Crippen molar-refractivity contribution in [3.63, 3.8) is 0 Å². The summed E-state index contributed by atoms with van der Waals surface area (Å²) in [6.07, 6.45) is 5.58. The molecule has 3 heterocycles. The fourth-order valence-corrected chi connectivity index (χ4v) is 4.39. The summed E-state index contributed by atoms with van der Waals surface area (Å²) in [5.74, 6) is 7.02. The van der Waals surface area contributed by atoms with Gasteiger partial charge in [-0.1, -0.05) is 23.3 Å². The molecule has 1 amide bonds. The van der Waals surface area contributed by atoms with Crippen molar-refractivity contribution < 1.29 is 14.3 Å². The third-order valence-corrected chi connectivity index (χ3v) is 6.33. The molecule has 0 saturated heterocycles. The van der Waals surface area contributed by atoms with Crippen LogP contribution in [0.3, 0.4) is 0 Å². The van der Waals surface area contributed by atoms with Gasteiger partial charge in [0.2, 0.25) is 0 Å². The molecule has 176 valence electrons. The maximum atomic E-state index is 13.4. The predicted molar refractivity (Wildman–Crippen MR) is 134 cm³/mol. The van der Waals surface area contributed by atoms with Gasteiger partial charge in [-0.2, -0.15) is 4.98 Å².